The molecule has 0 spiro atoms. The molecule has 7 heteroatoms. The molecule has 0 heterocycles. The molecule has 2 rings (SSSR count). The average molecular weight is 396 g/mol. The summed E-state index contributed by atoms with van der Waals surface area (Å²) >= 11 is 11.8. The first kappa shape index (κ1) is 20.1. The third-order valence-electron chi connectivity index (χ3n) is 3.53. The number of rotatable bonds is 6. The molecule has 0 bridgehead atoms. The van der Waals surface area contributed by atoms with Crippen molar-refractivity contribution in [2.75, 3.05) is 11.9 Å². The van der Waals surface area contributed by atoms with Crippen molar-refractivity contribution in [3.05, 3.63) is 57.6 Å². The minimum Gasteiger partial charge on any atom is -0.477 e. The van der Waals surface area contributed by atoms with E-state index >= 15 is 0 Å². The van der Waals surface area contributed by atoms with Gasteiger partial charge in [-0.05, 0) is 50.6 Å². The summed E-state index contributed by atoms with van der Waals surface area (Å²) in [7, 11) is 0. The van der Waals surface area contributed by atoms with E-state index in [2.05, 4.69) is 5.32 Å². The van der Waals surface area contributed by atoms with Crippen LogP contribution in [0.1, 0.15) is 18.1 Å². The third-order valence-corrected chi connectivity index (χ3v) is 4.06. The lowest BCUT2D eigenvalue weighted by atomic mass is 10.1. The van der Waals surface area contributed by atoms with Crippen LogP contribution in [0.5, 0.6) is 5.75 Å². The molecule has 0 aliphatic rings. The van der Waals surface area contributed by atoms with E-state index in [0.717, 1.165) is 11.1 Å². The molecule has 0 aliphatic carbocycles. The summed E-state index contributed by atoms with van der Waals surface area (Å²) in [5.74, 6) is -0.797. The van der Waals surface area contributed by atoms with Crippen molar-refractivity contribution >= 4 is 40.8 Å². The minimum atomic E-state index is -0.928. The number of nitrogens with one attached hydrogen (secondary N) is 1. The Labute approximate surface area is 162 Å². The molecule has 0 fully saturated rings. The van der Waals surface area contributed by atoms with Gasteiger partial charge in [0.05, 0.1) is 5.02 Å². The molecule has 138 valence electrons. The molecular weight excluding hydrogens is 377 g/mol. The predicted octanol–water partition coefficient (Wildman–Crippen LogP) is 4.56. The highest BCUT2D eigenvalue weighted by atomic mass is 35.5. The molecule has 2 aromatic carbocycles. The van der Waals surface area contributed by atoms with Crippen molar-refractivity contribution in [3.63, 3.8) is 0 Å². The van der Waals surface area contributed by atoms with Gasteiger partial charge in [0, 0.05) is 10.7 Å². The number of esters is 1. The molecule has 5 nitrogen and oxygen atoms in total. The van der Waals surface area contributed by atoms with Crippen LogP contribution in [0.15, 0.2) is 36.4 Å². The van der Waals surface area contributed by atoms with Gasteiger partial charge in [-0.15, -0.1) is 0 Å². The predicted molar refractivity (Wildman–Crippen MR) is 102 cm³/mol. The first-order valence-electron chi connectivity index (χ1n) is 7.91. The summed E-state index contributed by atoms with van der Waals surface area (Å²) in [5.41, 5.74) is 2.70. The smallest absolute Gasteiger partial charge is 0.347 e. The Hall–Kier alpha value is -2.24. The van der Waals surface area contributed by atoms with Crippen LogP contribution in [0.3, 0.4) is 0 Å². The van der Waals surface area contributed by atoms with Gasteiger partial charge in [-0.2, -0.15) is 0 Å². The topological polar surface area (TPSA) is 64.6 Å². The molecule has 0 aromatic heterocycles. The van der Waals surface area contributed by atoms with Gasteiger partial charge in [-0.3, -0.25) is 4.79 Å². The third kappa shape index (κ3) is 5.64. The van der Waals surface area contributed by atoms with E-state index in [9.17, 15) is 9.59 Å². The standard InChI is InChI=1S/C19H19Cl2NO4/c1-11-4-6-16(12(2)8-11)22-18(23)10-25-19(24)13(3)26-17-7-5-14(20)9-15(17)21/h4-9,13H,10H2,1-3H3,(H,22,23)/t13-/m1/s1. The van der Waals surface area contributed by atoms with Crippen molar-refractivity contribution in [1.29, 1.82) is 0 Å². The molecule has 1 atom stereocenters. The first-order valence-corrected chi connectivity index (χ1v) is 8.67. The highest BCUT2D eigenvalue weighted by Crippen LogP contribution is 2.28. The Balaban J connectivity index is 1.85. The Kier molecular flexibility index (Phi) is 6.89. The Bertz CT molecular complexity index is 823. The van der Waals surface area contributed by atoms with Crippen molar-refractivity contribution < 1.29 is 19.1 Å². The SMILES string of the molecule is Cc1ccc(NC(=O)COC(=O)[C@@H](C)Oc2ccc(Cl)cc2Cl)c(C)c1. The summed E-state index contributed by atoms with van der Waals surface area (Å²) in [5, 5.41) is 3.45. The second-order valence-electron chi connectivity index (χ2n) is 5.81. The van der Waals surface area contributed by atoms with E-state index in [0.29, 0.717) is 16.5 Å². The molecule has 0 radical (unpaired) electrons. The van der Waals surface area contributed by atoms with E-state index < -0.39 is 24.6 Å². The monoisotopic (exact) mass is 395 g/mol. The van der Waals surface area contributed by atoms with Crippen LogP contribution in [0.4, 0.5) is 5.69 Å². The van der Waals surface area contributed by atoms with Gasteiger partial charge in [0.2, 0.25) is 0 Å². The van der Waals surface area contributed by atoms with Gasteiger partial charge in [-0.1, -0.05) is 40.9 Å². The second kappa shape index (κ2) is 8.92. The van der Waals surface area contributed by atoms with Gasteiger partial charge in [-0.25, -0.2) is 4.79 Å². The van der Waals surface area contributed by atoms with Crippen LogP contribution in [-0.2, 0) is 14.3 Å². The zero-order chi connectivity index (χ0) is 19.3. The Morgan fingerprint density at radius 2 is 1.85 bits per heavy atom. The largest absolute Gasteiger partial charge is 0.477 e. The van der Waals surface area contributed by atoms with Crippen LogP contribution < -0.4 is 10.1 Å². The number of hydrogen-bond acceptors (Lipinski definition) is 4. The molecule has 1 N–H and O–H groups in total. The van der Waals surface area contributed by atoms with E-state index in [1.807, 2.05) is 26.0 Å². The maximum absolute atomic E-state index is 12.0. The number of halogens is 2. The maximum Gasteiger partial charge on any atom is 0.347 e. The quantitative estimate of drug-likeness (QED) is 0.728. The number of amides is 1. The number of benzene rings is 2. The van der Waals surface area contributed by atoms with Crippen molar-refractivity contribution in [3.8, 4) is 5.75 Å². The van der Waals surface area contributed by atoms with Gasteiger partial charge in [0.15, 0.2) is 12.7 Å². The number of anilines is 1. The van der Waals surface area contributed by atoms with Crippen LogP contribution in [-0.4, -0.2) is 24.6 Å². The lowest BCUT2D eigenvalue weighted by Crippen LogP contribution is -2.30. The van der Waals surface area contributed by atoms with Gasteiger partial charge < -0.3 is 14.8 Å². The lowest BCUT2D eigenvalue weighted by Gasteiger charge is -2.15. The number of carbonyl (C=O) groups excluding carboxylic acids is 2. The normalized spacial score (nSPS) is 11.6. The zero-order valence-corrected chi connectivity index (χ0v) is 16.1. The fraction of sp³-hybridized carbons (Fsp3) is 0.263. The molecule has 0 saturated heterocycles. The van der Waals surface area contributed by atoms with Crippen molar-refractivity contribution in [1.82, 2.24) is 0 Å². The second-order valence-corrected chi connectivity index (χ2v) is 6.65. The molecule has 0 saturated carbocycles. The molecule has 2 aromatic rings. The number of carbonyl (C=O) groups is 2. The molecule has 0 aliphatic heterocycles. The fourth-order valence-corrected chi connectivity index (χ4v) is 2.66. The van der Waals surface area contributed by atoms with Crippen LogP contribution in [0.25, 0.3) is 0 Å². The Morgan fingerprint density at radius 1 is 1.12 bits per heavy atom. The first-order chi connectivity index (χ1) is 12.3. The van der Waals surface area contributed by atoms with Crippen molar-refractivity contribution in [2.45, 2.75) is 26.9 Å². The lowest BCUT2D eigenvalue weighted by molar-refractivity contribution is -0.153. The highest BCUT2D eigenvalue weighted by molar-refractivity contribution is 6.35. The fourth-order valence-electron chi connectivity index (χ4n) is 2.20. The summed E-state index contributed by atoms with van der Waals surface area (Å²) in [6, 6.07) is 10.3. The average Bonchev–Trinajstić information content (AvgIpc) is 2.57. The number of aryl methyl sites for hydroxylation is 2. The van der Waals surface area contributed by atoms with E-state index in [4.69, 9.17) is 32.7 Å². The van der Waals surface area contributed by atoms with Crippen LogP contribution in [0, 0.1) is 13.8 Å². The van der Waals surface area contributed by atoms with E-state index in [1.54, 1.807) is 18.2 Å². The summed E-state index contributed by atoms with van der Waals surface area (Å²) in [6.07, 6.45) is -0.928. The molecule has 0 unspecified atom stereocenters. The Morgan fingerprint density at radius 3 is 2.50 bits per heavy atom. The van der Waals surface area contributed by atoms with E-state index in [-0.39, 0.29) is 5.02 Å². The molecular formula is C19H19Cl2NO4. The highest BCUT2D eigenvalue weighted by Gasteiger charge is 2.19. The summed E-state index contributed by atoms with van der Waals surface area (Å²) in [4.78, 5) is 24.0. The van der Waals surface area contributed by atoms with Gasteiger partial charge in [0.25, 0.3) is 5.91 Å². The van der Waals surface area contributed by atoms with Gasteiger partial charge in [0.1, 0.15) is 5.75 Å². The summed E-state index contributed by atoms with van der Waals surface area (Å²) in [6.45, 7) is 4.96. The molecule has 1 amide bonds. The maximum atomic E-state index is 12.0. The number of hydrogen-bond donors (Lipinski definition) is 1. The minimum absolute atomic E-state index is 0.282. The van der Waals surface area contributed by atoms with E-state index in [1.165, 1.54) is 13.0 Å². The van der Waals surface area contributed by atoms with Gasteiger partial charge >= 0.3 is 5.97 Å². The number of ether oxygens (including phenoxy) is 2. The van der Waals surface area contributed by atoms with Crippen LogP contribution >= 0.6 is 23.2 Å². The summed E-state index contributed by atoms with van der Waals surface area (Å²) < 4.78 is 10.4. The zero-order valence-electron chi connectivity index (χ0n) is 14.6. The molecule has 26 heavy (non-hydrogen) atoms. The van der Waals surface area contributed by atoms with Crippen molar-refractivity contribution in [2.24, 2.45) is 0 Å². The van der Waals surface area contributed by atoms with Crippen LogP contribution in [0.2, 0.25) is 10.0 Å².